The van der Waals surface area contributed by atoms with Gasteiger partial charge in [-0.2, -0.15) is 5.26 Å². The third-order valence-electron chi connectivity index (χ3n) is 4.23. The molecular formula is C17H23N4O3+. The Bertz CT molecular complexity index is 635. The lowest BCUT2D eigenvalue weighted by molar-refractivity contribution is -0.886. The van der Waals surface area contributed by atoms with Crippen LogP contribution in [0, 0.1) is 11.3 Å². The second-order valence-corrected chi connectivity index (χ2v) is 5.88. The molecule has 1 aliphatic heterocycles. The number of carbonyl (C=O) groups excluding carboxylic acids is 2. The van der Waals surface area contributed by atoms with Gasteiger partial charge in [0.2, 0.25) is 0 Å². The average Bonchev–Trinajstić information content (AvgIpc) is 2.62. The molecule has 0 radical (unpaired) electrons. The van der Waals surface area contributed by atoms with Crippen LogP contribution in [0.1, 0.15) is 12.5 Å². The summed E-state index contributed by atoms with van der Waals surface area (Å²) in [7, 11) is 1.82. The largest absolute Gasteiger partial charge is 0.378 e. The number of quaternary nitrogens is 1. The lowest BCUT2D eigenvalue weighted by Gasteiger charge is -2.28. The van der Waals surface area contributed by atoms with Crippen molar-refractivity contribution in [3.8, 4) is 6.07 Å². The lowest BCUT2D eigenvalue weighted by Crippen LogP contribution is -3.15. The van der Waals surface area contributed by atoms with Crippen molar-refractivity contribution in [3.63, 3.8) is 0 Å². The number of amides is 2. The van der Waals surface area contributed by atoms with Crippen LogP contribution in [-0.4, -0.2) is 62.7 Å². The number of benzene rings is 1. The monoisotopic (exact) mass is 331 g/mol. The molecule has 24 heavy (non-hydrogen) atoms. The summed E-state index contributed by atoms with van der Waals surface area (Å²) in [6.45, 7) is 4.34. The maximum Gasteiger partial charge on any atom is 0.282 e. The molecule has 1 heterocycles. The van der Waals surface area contributed by atoms with E-state index in [1.807, 2.05) is 7.05 Å². The van der Waals surface area contributed by atoms with Crippen LogP contribution in [0.5, 0.6) is 0 Å². The van der Waals surface area contributed by atoms with Gasteiger partial charge in [0.15, 0.2) is 12.6 Å². The van der Waals surface area contributed by atoms with Gasteiger partial charge in [-0.3, -0.25) is 9.59 Å². The molecule has 0 aliphatic carbocycles. The van der Waals surface area contributed by atoms with Gasteiger partial charge in [0.25, 0.3) is 11.8 Å². The molecule has 2 rings (SSSR count). The van der Waals surface area contributed by atoms with E-state index in [2.05, 4.69) is 11.4 Å². The Morgan fingerprint density at radius 3 is 2.71 bits per heavy atom. The van der Waals surface area contributed by atoms with E-state index < -0.39 is 6.04 Å². The summed E-state index contributed by atoms with van der Waals surface area (Å²) < 4.78 is 5.24. The minimum absolute atomic E-state index is 0.0212. The fourth-order valence-electron chi connectivity index (χ4n) is 2.47. The number of nitrogens with zero attached hydrogens (tertiary/aromatic N) is 2. The van der Waals surface area contributed by atoms with Gasteiger partial charge >= 0.3 is 0 Å². The van der Waals surface area contributed by atoms with E-state index >= 15 is 0 Å². The van der Waals surface area contributed by atoms with Crippen molar-refractivity contribution >= 4 is 17.5 Å². The summed E-state index contributed by atoms with van der Waals surface area (Å²) in [5.41, 5.74) is 0.907. The van der Waals surface area contributed by atoms with Gasteiger partial charge in [-0.25, -0.2) is 0 Å². The highest BCUT2D eigenvalue weighted by Gasteiger charge is 2.27. The summed E-state index contributed by atoms with van der Waals surface area (Å²) in [5.74, 6) is -0.196. The van der Waals surface area contributed by atoms with Gasteiger partial charge in [0.1, 0.15) is 6.07 Å². The minimum atomic E-state index is -0.415. The molecule has 1 aromatic rings. The molecule has 128 valence electrons. The lowest BCUT2D eigenvalue weighted by atomic mass is 10.2. The number of nitrogens with one attached hydrogen (secondary N) is 2. The topological polar surface area (TPSA) is 86.9 Å². The molecule has 1 aromatic carbocycles. The van der Waals surface area contributed by atoms with Gasteiger partial charge in [-0.15, -0.1) is 0 Å². The van der Waals surface area contributed by atoms with Crippen LogP contribution in [0.3, 0.4) is 0 Å². The normalized spacial score (nSPS) is 16.8. The minimum Gasteiger partial charge on any atom is -0.378 e. The smallest absolute Gasteiger partial charge is 0.282 e. The highest BCUT2D eigenvalue weighted by molar-refractivity contribution is 5.94. The number of likely N-dealkylation sites (N-methyl/N-ethyl adjacent to an activating group) is 1. The van der Waals surface area contributed by atoms with Crippen LogP contribution in [0.4, 0.5) is 5.69 Å². The number of para-hydroxylation sites is 1. The SMILES string of the molecule is C[C@@H](C(=O)Nc1ccccc1C#N)[NH+](C)CC(=O)N1CCOCC1. The first-order chi connectivity index (χ1) is 11.5. The van der Waals surface area contributed by atoms with Crippen molar-refractivity contribution in [2.75, 3.05) is 45.2 Å². The molecule has 2 N–H and O–H groups in total. The molecule has 1 unspecified atom stereocenters. The molecule has 0 spiro atoms. The van der Waals surface area contributed by atoms with Crippen LogP contribution in [0.15, 0.2) is 24.3 Å². The Kier molecular flexibility index (Phi) is 6.29. The second-order valence-electron chi connectivity index (χ2n) is 5.88. The zero-order valence-electron chi connectivity index (χ0n) is 14.0. The van der Waals surface area contributed by atoms with Crippen molar-refractivity contribution in [2.24, 2.45) is 0 Å². The van der Waals surface area contributed by atoms with Gasteiger partial charge in [-0.05, 0) is 19.1 Å². The molecule has 1 aliphatic rings. The van der Waals surface area contributed by atoms with Gasteiger partial charge in [-0.1, -0.05) is 12.1 Å². The van der Waals surface area contributed by atoms with Crippen LogP contribution >= 0.6 is 0 Å². The standard InChI is InChI=1S/C17H22N4O3/c1-13(17(23)19-15-6-4-3-5-14(15)11-18)20(2)12-16(22)21-7-9-24-10-8-21/h3-6,13H,7-10,12H2,1-2H3,(H,19,23)/p+1/t13-/m0/s1. The van der Waals surface area contributed by atoms with Gasteiger partial charge in [0, 0.05) is 13.1 Å². The molecule has 2 atom stereocenters. The fraction of sp³-hybridized carbons (Fsp3) is 0.471. The maximum atomic E-state index is 12.4. The summed E-state index contributed by atoms with van der Waals surface area (Å²) in [4.78, 5) is 27.2. The summed E-state index contributed by atoms with van der Waals surface area (Å²) in [6, 6.07) is 8.49. The molecular weight excluding hydrogens is 308 g/mol. The quantitative estimate of drug-likeness (QED) is 0.744. The molecule has 0 bridgehead atoms. The first kappa shape index (κ1) is 17.9. The third kappa shape index (κ3) is 4.54. The highest BCUT2D eigenvalue weighted by Crippen LogP contribution is 2.13. The van der Waals surface area contributed by atoms with E-state index in [4.69, 9.17) is 10.00 Å². The summed E-state index contributed by atoms with van der Waals surface area (Å²) in [5, 5.41) is 11.8. The van der Waals surface area contributed by atoms with E-state index in [9.17, 15) is 9.59 Å². The van der Waals surface area contributed by atoms with Gasteiger partial charge < -0.3 is 19.9 Å². The van der Waals surface area contributed by atoms with Crippen molar-refractivity contribution < 1.29 is 19.2 Å². The predicted molar refractivity (Wildman–Crippen MR) is 88.4 cm³/mol. The highest BCUT2D eigenvalue weighted by atomic mass is 16.5. The first-order valence-electron chi connectivity index (χ1n) is 8.00. The van der Waals surface area contributed by atoms with E-state index in [1.165, 1.54) is 0 Å². The number of morpholine rings is 1. The average molecular weight is 331 g/mol. The molecule has 7 heteroatoms. The zero-order chi connectivity index (χ0) is 17.5. The number of ether oxygens (including phenoxy) is 1. The Morgan fingerprint density at radius 1 is 1.38 bits per heavy atom. The van der Waals surface area contributed by atoms with Crippen LogP contribution in [0.2, 0.25) is 0 Å². The first-order valence-corrected chi connectivity index (χ1v) is 8.00. The fourth-order valence-corrected chi connectivity index (χ4v) is 2.47. The number of hydrogen-bond donors (Lipinski definition) is 2. The maximum absolute atomic E-state index is 12.4. The molecule has 1 fully saturated rings. The number of carbonyl (C=O) groups is 2. The summed E-state index contributed by atoms with van der Waals surface area (Å²) >= 11 is 0. The Morgan fingerprint density at radius 2 is 2.04 bits per heavy atom. The molecule has 0 aromatic heterocycles. The van der Waals surface area contributed by atoms with Crippen molar-refractivity contribution in [2.45, 2.75) is 13.0 Å². The number of nitriles is 1. The predicted octanol–water partition coefficient (Wildman–Crippen LogP) is -0.741. The molecule has 1 saturated heterocycles. The van der Waals surface area contributed by atoms with Gasteiger partial charge in [0.05, 0.1) is 31.5 Å². The summed E-state index contributed by atoms with van der Waals surface area (Å²) in [6.07, 6.45) is 0. The van der Waals surface area contributed by atoms with E-state index in [0.29, 0.717) is 37.6 Å². The van der Waals surface area contributed by atoms with Crippen molar-refractivity contribution in [1.82, 2.24) is 4.90 Å². The molecule has 7 nitrogen and oxygen atoms in total. The van der Waals surface area contributed by atoms with Crippen LogP contribution < -0.4 is 10.2 Å². The van der Waals surface area contributed by atoms with E-state index in [1.54, 1.807) is 36.1 Å². The van der Waals surface area contributed by atoms with Crippen LogP contribution in [0.25, 0.3) is 0 Å². The van der Waals surface area contributed by atoms with Crippen molar-refractivity contribution in [3.05, 3.63) is 29.8 Å². The molecule has 2 amide bonds. The second kappa shape index (κ2) is 8.43. The van der Waals surface area contributed by atoms with Crippen LogP contribution in [-0.2, 0) is 14.3 Å². The Balaban J connectivity index is 1.92. The number of rotatable bonds is 5. The van der Waals surface area contributed by atoms with E-state index in [-0.39, 0.29) is 18.4 Å². The Hall–Kier alpha value is -2.43. The Labute approximate surface area is 141 Å². The van der Waals surface area contributed by atoms with Crippen molar-refractivity contribution in [1.29, 1.82) is 5.26 Å². The zero-order valence-corrected chi connectivity index (χ0v) is 14.0. The molecule has 0 saturated carbocycles. The number of hydrogen-bond acceptors (Lipinski definition) is 4. The number of anilines is 1. The third-order valence-corrected chi connectivity index (χ3v) is 4.23. The van der Waals surface area contributed by atoms with E-state index in [0.717, 1.165) is 4.90 Å².